The highest BCUT2D eigenvalue weighted by molar-refractivity contribution is 7.17. The highest BCUT2D eigenvalue weighted by atomic mass is 35.5. The molecule has 0 spiro atoms. The summed E-state index contributed by atoms with van der Waals surface area (Å²) in [5, 5.41) is 7.06. The van der Waals surface area contributed by atoms with Gasteiger partial charge in [-0.1, -0.05) is 32.4 Å². The van der Waals surface area contributed by atoms with Crippen LogP contribution in [0.15, 0.2) is 24.3 Å². The minimum atomic E-state index is -0.187. The van der Waals surface area contributed by atoms with Crippen molar-refractivity contribution in [2.75, 3.05) is 10.6 Å². The summed E-state index contributed by atoms with van der Waals surface area (Å²) < 4.78 is 0. The molecule has 6 heteroatoms. The summed E-state index contributed by atoms with van der Waals surface area (Å²) in [6.45, 7) is 8.26. The van der Waals surface area contributed by atoms with Gasteiger partial charge < -0.3 is 10.6 Å². The van der Waals surface area contributed by atoms with Crippen molar-refractivity contribution in [3.8, 4) is 0 Å². The molecule has 27 heavy (non-hydrogen) atoms. The molecule has 2 amide bonds. The second-order valence-corrected chi connectivity index (χ2v) is 9.70. The number of fused-ring (bicyclic) bond motifs is 1. The maximum absolute atomic E-state index is 13.0. The Bertz CT molecular complexity index is 866. The van der Waals surface area contributed by atoms with Crippen molar-refractivity contribution in [1.29, 1.82) is 0 Å². The lowest BCUT2D eigenvalue weighted by atomic mass is 9.72. The number of anilines is 2. The molecule has 2 N–H and O–H groups in total. The minimum Gasteiger partial charge on any atom is -0.322 e. The molecule has 1 aliphatic carbocycles. The molecule has 0 saturated carbocycles. The van der Waals surface area contributed by atoms with Crippen LogP contribution in [0.4, 0.5) is 10.7 Å². The summed E-state index contributed by atoms with van der Waals surface area (Å²) in [6, 6.07) is 7.02. The number of nitrogens with one attached hydrogen (secondary N) is 2. The standard InChI is InChI=1S/C21H25ClN2O2S/c1-12(25)23-20-18(19(26)24-15-8-6-14(22)7-9-15)16-10-5-13(21(2,3)4)11-17(16)27-20/h6-9,13H,5,10-11H2,1-4H3,(H,23,25)(H,24,26)/t13-/m1/s1. The zero-order chi connectivity index (χ0) is 19.8. The highest BCUT2D eigenvalue weighted by Crippen LogP contribution is 2.44. The van der Waals surface area contributed by atoms with Gasteiger partial charge in [0.2, 0.25) is 5.91 Å². The van der Waals surface area contributed by atoms with Crippen LogP contribution in [0.5, 0.6) is 0 Å². The maximum atomic E-state index is 13.0. The first-order valence-electron chi connectivity index (χ1n) is 9.14. The van der Waals surface area contributed by atoms with E-state index >= 15 is 0 Å². The van der Waals surface area contributed by atoms with E-state index in [2.05, 4.69) is 31.4 Å². The molecule has 2 aromatic rings. The number of thiophene rings is 1. The predicted molar refractivity (Wildman–Crippen MR) is 113 cm³/mol. The molecule has 1 aromatic carbocycles. The fourth-order valence-corrected chi connectivity index (χ4v) is 5.04. The normalized spacial score (nSPS) is 16.6. The molecule has 4 nitrogen and oxygen atoms in total. The number of halogens is 1. The van der Waals surface area contributed by atoms with Gasteiger partial charge in [0.05, 0.1) is 5.56 Å². The quantitative estimate of drug-likeness (QED) is 0.682. The third-order valence-corrected chi connectivity index (χ3v) is 6.53. The van der Waals surface area contributed by atoms with Crippen molar-refractivity contribution < 1.29 is 9.59 Å². The summed E-state index contributed by atoms with van der Waals surface area (Å²) >= 11 is 7.45. The van der Waals surface area contributed by atoms with Crippen LogP contribution >= 0.6 is 22.9 Å². The van der Waals surface area contributed by atoms with E-state index in [0.29, 0.717) is 27.2 Å². The van der Waals surface area contributed by atoms with Crippen LogP contribution in [0.1, 0.15) is 54.9 Å². The van der Waals surface area contributed by atoms with Crippen molar-refractivity contribution >= 4 is 45.4 Å². The van der Waals surface area contributed by atoms with Gasteiger partial charge in [-0.05, 0) is 60.4 Å². The Morgan fingerprint density at radius 1 is 1.15 bits per heavy atom. The largest absolute Gasteiger partial charge is 0.322 e. The number of hydrogen-bond acceptors (Lipinski definition) is 3. The van der Waals surface area contributed by atoms with Crippen LogP contribution in [0.3, 0.4) is 0 Å². The van der Waals surface area contributed by atoms with E-state index in [1.54, 1.807) is 24.3 Å². The second kappa shape index (κ2) is 7.64. The van der Waals surface area contributed by atoms with E-state index < -0.39 is 0 Å². The Morgan fingerprint density at radius 2 is 1.81 bits per heavy atom. The first-order valence-corrected chi connectivity index (χ1v) is 10.3. The van der Waals surface area contributed by atoms with E-state index in [0.717, 1.165) is 24.8 Å². The van der Waals surface area contributed by atoms with Gasteiger partial charge in [-0.15, -0.1) is 11.3 Å². The molecule has 0 fully saturated rings. The molecule has 144 valence electrons. The van der Waals surface area contributed by atoms with E-state index in [1.807, 2.05) is 0 Å². The van der Waals surface area contributed by atoms with Gasteiger partial charge in [0.15, 0.2) is 0 Å². The molecular formula is C21H25ClN2O2S. The Morgan fingerprint density at radius 3 is 2.41 bits per heavy atom. The van der Waals surface area contributed by atoms with Crippen LogP contribution in [0.25, 0.3) is 0 Å². The van der Waals surface area contributed by atoms with E-state index in [4.69, 9.17) is 11.6 Å². The monoisotopic (exact) mass is 404 g/mol. The second-order valence-electron chi connectivity index (χ2n) is 8.16. The van der Waals surface area contributed by atoms with Crippen LogP contribution in [-0.4, -0.2) is 11.8 Å². The molecule has 0 saturated heterocycles. The molecule has 0 aliphatic heterocycles. The number of hydrogen-bond donors (Lipinski definition) is 2. The van der Waals surface area contributed by atoms with Gasteiger partial charge in [0.1, 0.15) is 5.00 Å². The minimum absolute atomic E-state index is 0.165. The fraction of sp³-hybridized carbons (Fsp3) is 0.429. The summed E-state index contributed by atoms with van der Waals surface area (Å²) in [5.41, 5.74) is 2.59. The third kappa shape index (κ3) is 4.53. The zero-order valence-corrected chi connectivity index (χ0v) is 17.7. The Hall–Kier alpha value is -1.85. The number of amides is 2. The van der Waals surface area contributed by atoms with Crippen LogP contribution in [0.2, 0.25) is 5.02 Å². The van der Waals surface area contributed by atoms with Gasteiger partial charge >= 0.3 is 0 Å². The lowest BCUT2D eigenvalue weighted by Crippen LogP contribution is -2.27. The van der Waals surface area contributed by atoms with E-state index in [9.17, 15) is 9.59 Å². The van der Waals surface area contributed by atoms with Crippen LogP contribution in [-0.2, 0) is 17.6 Å². The zero-order valence-electron chi connectivity index (χ0n) is 16.1. The van der Waals surface area contributed by atoms with Gasteiger partial charge in [-0.3, -0.25) is 9.59 Å². The lowest BCUT2D eigenvalue weighted by molar-refractivity contribution is -0.114. The Balaban J connectivity index is 1.93. The molecule has 1 aromatic heterocycles. The Kier molecular flexibility index (Phi) is 5.63. The third-order valence-electron chi connectivity index (χ3n) is 5.11. The fourth-order valence-electron chi connectivity index (χ4n) is 3.54. The Labute approximate surface area is 169 Å². The van der Waals surface area contributed by atoms with Crippen molar-refractivity contribution in [1.82, 2.24) is 0 Å². The lowest BCUT2D eigenvalue weighted by Gasteiger charge is -2.33. The van der Waals surface area contributed by atoms with Crippen LogP contribution < -0.4 is 10.6 Å². The first-order chi connectivity index (χ1) is 12.6. The predicted octanol–water partition coefficient (Wildman–Crippen LogP) is 5.76. The van der Waals surface area contributed by atoms with Gasteiger partial charge in [-0.25, -0.2) is 0 Å². The molecule has 0 unspecified atom stereocenters. The molecule has 3 rings (SSSR count). The SMILES string of the molecule is CC(=O)Nc1sc2c(c1C(=O)Nc1ccc(Cl)cc1)CC[C@@H](C(C)(C)C)C2. The van der Waals surface area contributed by atoms with Crippen molar-refractivity contribution in [2.45, 2.75) is 47.0 Å². The van der Waals surface area contributed by atoms with Gasteiger partial charge in [0, 0.05) is 22.5 Å². The number of benzene rings is 1. The van der Waals surface area contributed by atoms with Crippen molar-refractivity contribution in [2.24, 2.45) is 11.3 Å². The topological polar surface area (TPSA) is 58.2 Å². The molecular weight excluding hydrogens is 380 g/mol. The van der Waals surface area contributed by atoms with Crippen LogP contribution in [0, 0.1) is 11.3 Å². The highest BCUT2D eigenvalue weighted by Gasteiger charge is 2.33. The average molecular weight is 405 g/mol. The van der Waals surface area contributed by atoms with Crippen molar-refractivity contribution in [3.63, 3.8) is 0 Å². The smallest absolute Gasteiger partial charge is 0.258 e. The summed E-state index contributed by atoms with van der Waals surface area (Å²) in [7, 11) is 0. The van der Waals surface area contributed by atoms with Crippen molar-refractivity contribution in [3.05, 3.63) is 45.3 Å². The van der Waals surface area contributed by atoms with E-state index in [1.165, 1.54) is 23.1 Å². The number of carbonyl (C=O) groups excluding carboxylic acids is 2. The first kappa shape index (κ1) is 19.9. The van der Waals surface area contributed by atoms with Gasteiger partial charge in [0.25, 0.3) is 5.91 Å². The molecule has 0 bridgehead atoms. The molecule has 1 heterocycles. The molecule has 1 aliphatic rings. The molecule has 1 atom stereocenters. The number of carbonyl (C=O) groups is 2. The average Bonchev–Trinajstić information content (AvgIpc) is 2.92. The number of rotatable bonds is 3. The van der Waals surface area contributed by atoms with E-state index in [-0.39, 0.29) is 17.2 Å². The van der Waals surface area contributed by atoms with Gasteiger partial charge in [-0.2, -0.15) is 0 Å². The molecule has 0 radical (unpaired) electrons. The summed E-state index contributed by atoms with van der Waals surface area (Å²) in [5.74, 6) is 0.218. The summed E-state index contributed by atoms with van der Waals surface area (Å²) in [4.78, 5) is 25.9. The summed E-state index contributed by atoms with van der Waals surface area (Å²) in [6.07, 6.45) is 2.86. The maximum Gasteiger partial charge on any atom is 0.258 e.